The molecule has 4 nitrogen and oxygen atoms in total. The van der Waals surface area contributed by atoms with Gasteiger partial charge in [0.1, 0.15) is 5.82 Å². The first-order chi connectivity index (χ1) is 15.1. The standard InChI is InChI=1S/C24H27F4N3O/c1-15(2)13-29-23(32)18-12-16-11-17(24(26,27)28)7-8-20(16)31-10-9-30(14-22(18)31)21-6-4-3-5-19(21)25/h3-8,11,15,18,22H,9-10,12-14H2,1-2H3,(H,29,32)/t18-,22+/m1/s1. The maximum atomic E-state index is 14.4. The van der Waals surface area contributed by atoms with Gasteiger partial charge in [0.25, 0.3) is 0 Å². The van der Waals surface area contributed by atoms with Crippen molar-refractivity contribution in [3.63, 3.8) is 0 Å². The number of hydrogen-bond acceptors (Lipinski definition) is 3. The number of para-hydroxylation sites is 1. The highest BCUT2D eigenvalue weighted by atomic mass is 19.4. The molecule has 2 aromatic rings. The Morgan fingerprint density at radius 2 is 1.88 bits per heavy atom. The Hall–Kier alpha value is -2.77. The fourth-order valence-electron chi connectivity index (χ4n) is 4.66. The monoisotopic (exact) mass is 449 g/mol. The third-order valence-electron chi connectivity index (χ3n) is 6.25. The Kier molecular flexibility index (Phi) is 6.05. The van der Waals surface area contributed by atoms with Crippen molar-refractivity contribution in [2.24, 2.45) is 11.8 Å². The SMILES string of the molecule is CC(C)CNC(=O)[C@@H]1Cc2cc(C(F)(F)F)ccc2N2CCN(c3ccccc3F)C[C@@H]12. The minimum atomic E-state index is -4.44. The lowest BCUT2D eigenvalue weighted by molar-refractivity contribution is -0.137. The molecular weight excluding hydrogens is 422 g/mol. The number of carbonyl (C=O) groups is 1. The first kappa shape index (κ1) is 22.4. The van der Waals surface area contributed by atoms with Crippen molar-refractivity contribution in [3.05, 3.63) is 59.4 Å². The van der Waals surface area contributed by atoms with Gasteiger partial charge in [-0.2, -0.15) is 13.2 Å². The van der Waals surface area contributed by atoms with Crippen LogP contribution in [0.25, 0.3) is 0 Å². The molecule has 0 unspecified atom stereocenters. The van der Waals surface area contributed by atoms with Gasteiger partial charge in [-0.25, -0.2) is 4.39 Å². The normalized spacial score (nSPS) is 20.7. The lowest BCUT2D eigenvalue weighted by Gasteiger charge is -2.49. The molecule has 1 fully saturated rings. The molecule has 32 heavy (non-hydrogen) atoms. The molecule has 2 aliphatic rings. The molecule has 1 N–H and O–H groups in total. The minimum absolute atomic E-state index is 0.174. The van der Waals surface area contributed by atoms with Gasteiger partial charge < -0.3 is 15.1 Å². The van der Waals surface area contributed by atoms with Crippen molar-refractivity contribution >= 4 is 17.3 Å². The molecule has 2 aliphatic heterocycles. The highest BCUT2D eigenvalue weighted by molar-refractivity contribution is 5.82. The zero-order valence-corrected chi connectivity index (χ0v) is 18.1. The molecule has 2 atom stereocenters. The number of fused-ring (bicyclic) bond motifs is 3. The Labute approximate surface area is 185 Å². The minimum Gasteiger partial charge on any atom is -0.365 e. The number of hydrogen-bond donors (Lipinski definition) is 1. The van der Waals surface area contributed by atoms with E-state index in [0.29, 0.717) is 37.4 Å². The molecule has 1 amide bonds. The van der Waals surface area contributed by atoms with Crippen LogP contribution < -0.4 is 15.1 Å². The van der Waals surface area contributed by atoms with E-state index in [1.807, 2.05) is 23.6 Å². The van der Waals surface area contributed by atoms with E-state index in [9.17, 15) is 22.4 Å². The highest BCUT2D eigenvalue weighted by Gasteiger charge is 2.43. The predicted molar refractivity (Wildman–Crippen MR) is 116 cm³/mol. The Bertz CT molecular complexity index is 991. The van der Waals surface area contributed by atoms with Gasteiger partial charge in [-0.3, -0.25) is 4.79 Å². The van der Waals surface area contributed by atoms with E-state index in [2.05, 4.69) is 5.32 Å². The first-order valence-electron chi connectivity index (χ1n) is 10.9. The molecule has 2 aromatic carbocycles. The molecule has 8 heteroatoms. The second kappa shape index (κ2) is 8.64. The molecule has 172 valence electrons. The maximum absolute atomic E-state index is 14.4. The summed E-state index contributed by atoms with van der Waals surface area (Å²) in [6, 6.07) is 10.0. The van der Waals surface area contributed by atoms with E-state index in [1.165, 1.54) is 12.1 Å². The second-order valence-electron chi connectivity index (χ2n) is 8.95. The smallest absolute Gasteiger partial charge is 0.365 e. The van der Waals surface area contributed by atoms with Gasteiger partial charge in [0.15, 0.2) is 0 Å². The van der Waals surface area contributed by atoms with Gasteiger partial charge in [0.2, 0.25) is 5.91 Å². The molecule has 0 aliphatic carbocycles. The summed E-state index contributed by atoms with van der Waals surface area (Å²) in [6.07, 6.45) is -4.22. The maximum Gasteiger partial charge on any atom is 0.416 e. The van der Waals surface area contributed by atoms with Crippen LogP contribution in [0.3, 0.4) is 0 Å². The number of carbonyl (C=O) groups excluding carboxylic acids is 1. The van der Waals surface area contributed by atoms with Crippen LogP contribution in [0, 0.1) is 17.7 Å². The molecule has 2 heterocycles. The number of alkyl halides is 3. The van der Waals surface area contributed by atoms with Crippen LogP contribution in [0.4, 0.5) is 28.9 Å². The van der Waals surface area contributed by atoms with Crippen molar-refractivity contribution < 1.29 is 22.4 Å². The quantitative estimate of drug-likeness (QED) is 0.699. The zero-order valence-electron chi connectivity index (χ0n) is 18.1. The third kappa shape index (κ3) is 4.40. The summed E-state index contributed by atoms with van der Waals surface area (Å²) in [7, 11) is 0. The number of nitrogens with one attached hydrogen (secondary N) is 1. The number of rotatable bonds is 4. The largest absolute Gasteiger partial charge is 0.416 e. The van der Waals surface area contributed by atoms with E-state index in [-0.39, 0.29) is 30.1 Å². The summed E-state index contributed by atoms with van der Waals surface area (Å²) < 4.78 is 54.3. The van der Waals surface area contributed by atoms with Gasteiger partial charge in [-0.05, 0) is 48.2 Å². The van der Waals surface area contributed by atoms with Crippen LogP contribution in [0.5, 0.6) is 0 Å². The number of amides is 1. The molecule has 0 saturated carbocycles. The van der Waals surface area contributed by atoms with Crippen LogP contribution in [-0.4, -0.2) is 38.1 Å². The number of nitrogens with zero attached hydrogens (tertiary/aromatic N) is 2. The Morgan fingerprint density at radius 3 is 2.56 bits per heavy atom. The molecular formula is C24H27F4N3O. The summed E-state index contributed by atoms with van der Waals surface area (Å²) in [5, 5.41) is 2.95. The van der Waals surface area contributed by atoms with Crippen LogP contribution in [0.2, 0.25) is 0 Å². The van der Waals surface area contributed by atoms with Crippen LogP contribution in [0.15, 0.2) is 42.5 Å². The molecule has 0 radical (unpaired) electrons. The summed E-state index contributed by atoms with van der Waals surface area (Å²) in [5.41, 5.74) is 1.02. The first-order valence-corrected chi connectivity index (χ1v) is 10.9. The molecule has 0 spiro atoms. The highest BCUT2D eigenvalue weighted by Crippen LogP contribution is 2.40. The molecule has 0 aromatic heterocycles. The predicted octanol–water partition coefficient (Wildman–Crippen LogP) is 4.48. The van der Waals surface area contributed by atoms with Gasteiger partial charge in [0, 0.05) is 31.9 Å². The van der Waals surface area contributed by atoms with E-state index < -0.39 is 17.7 Å². The number of benzene rings is 2. The summed E-state index contributed by atoms with van der Waals surface area (Å²) in [6.45, 7) is 5.89. The van der Waals surface area contributed by atoms with Gasteiger partial charge in [0.05, 0.1) is 23.2 Å². The molecule has 0 bridgehead atoms. The van der Waals surface area contributed by atoms with E-state index in [1.54, 1.807) is 18.2 Å². The van der Waals surface area contributed by atoms with E-state index in [4.69, 9.17) is 0 Å². The number of anilines is 2. The lowest BCUT2D eigenvalue weighted by Crippen LogP contribution is -2.61. The second-order valence-corrected chi connectivity index (χ2v) is 8.95. The van der Waals surface area contributed by atoms with Crippen LogP contribution >= 0.6 is 0 Å². The zero-order chi connectivity index (χ0) is 23.0. The van der Waals surface area contributed by atoms with Crippen molar-refractivity contribution in [2.75, 3.05) is 36.0 Å². The Balaban J connectivity index is 1.68. The topological polar surface area (TPSA) is 35.6 Å². The molecule has 4 rings (SSSR count). The van der Waals surface area contributed by atoms with Crippen molar-refractivity contribution in [1.82, 2.24) is 5.32 Å². The van der Waals surface area contributed by atoms with E-state index >= 15 is 0 Å². The Morgan fingerprint density at radius 1 is 1.12 bits per heavy atom. The van der Waals surface area contributed by atoms with Gasteiger partial charge in [-0.15, -0.1) is 0 Å². The third-order valence-corrected chi connectivity index (χ3v) is 6.25. The van der Waals surface area contributed by atoms with Crippen LogP contribution in [0.1, 0.15) is 25.0 Å². The summed E-state index contributed by atoms with van der Waals surface area (Å²) in [5.74, 6) is -0.775. The fraction of sp³-hybridized carbons (Fsp3) is 0.458. The number of piperazine rings is 1. The van der Waals surface area contributed by atoms with Crippen molar-refractivity contribution in [2.45, 2.75) is 32.5 Å². The van der Waals surface area contributed by atoms with Gasteiger partial charge >= 0.3 is 6.18 Å². The fourth-order valence-corrected chi connectivity index (χ4v) is 4.66. The summed E-state index contributed by atoms with van der Waals surface area (Å²) >= 11 is 0. The van der Waals surface area contributed by atoms with Crippen molar-refractivity contribution in [3.8, 4) is 0 Å². The average Bonchev–Trinajstić information content (AvgIpc) is 2.75. The van der Waals surface area contributed by atoms with Crippen molar-refractivity contribution in [1.29, 1.82) is 0 Å². The van der Waals surface area contributed by atoms with Gasteiger partial charge in [-0.1, -0.05) is 26.0 Å². The number of halogens is 4. The average molecular weight is 449 g/mol. The van der Waals surface area contributed by atoms with Crippen LogP contribution in [-0.2, 0) is 17.4 Å². The lowest BCUT2D eigenvalue weighted by atomic mass is 9.82. The van der Waals surface area contributed by atoms with E-state index in [0.717, 1.165) is 17.8 Å². The molecule has 1 saturated heterocycles. The summed E-state index contributed by atoms with van der Waals surface area (Å²) in [4.78, 5) is 17.1.